The first-order valence-corrected chi connectivity index (χ1v) is 8.08. The van der Waals surface area contributed by atoms with E-state index in [-0.39, 0.29) is 24.0 Å². The van der Waals surface area contributed by atoms with Crippen molar-refractivity contribution in [1.29, 1.82) is 0 Å². The molecular formula is C17H20N2O3. The van der Waals surface area contributed by atoms with Crippen LogP contribution in [-0.4, -0.2) is 31.2 Å². The maximum atomic E-state index is 12.1. The molecule has 2 fully saturated rings. The first kappa shape index (κ1) is 13.6. The topological polar surface area (TPSA) is 58.6 Å². The SMILES string of the molecule is O=C(NCC1CN(c2ccc3c(c2)CCC3)C(=O)O1)C1CC1. The molecule has 1 aliphatic heterocycles. The monoisotopic (exact) mass is 300 g/mol. The molecule has 2 amide bonds. The zero-order valence-electron chi connectivity index (χ0n) is 12.5. The van der Waals surface area contributed by atoms with Crippen molar-refractivity contribution in [3.8, 4) is 0 Å². The lowest BCUT2D eigenvalue weighted by atomic mass is 10.1. The van der Waals surface area contributed by atoms with Gasteiger partial charge in [-0.3, -0.25) is 9.69 Å². The number of amides is 2. The molecule has 1 aromatic carbocycles. The minimum Gasteiger partial charge on any atom is -0.442 e. The van der Waals surface area contributed by atoms with Gasteiger partial charge < -0.3 is 10.1 Å². The average molecular weight is 300 g/mol. The van der Waals surface area contributed by atoms with Crippen LogP contribution < -0.4 is 10.2 Å². The predicted octanol–water partition coefficient (Wildman–Crippen LogP) is 2.03. The second-order valence-electron chi connectivity index (χ2n) is 6.44. The molecule has 1 aromatic rings. The fourth-order valence-electron chi connectivity index (χ4n) is 3.27. The van der Waals surface area contributed by atoms with E-state index in [0.29, 0.717) is 13.1 Å². The largest absolute Gasteiger partial charge is 0.442 e. The van der Waals surface area contributed by atoms with Crippen molar-refractivity contribution in [3.63, 3.8) is 0 Å². The van der Waals surface area contributed by atoms with Crippen LogP contribution in [0.25, 0.3) is 0 Å². The van der Waals surface area contributed by atoms with Crippen LogP contribution in [0, 0.1) is 5.92 Å². The van der Waals surface area contributed by atoms with E-state index in [9.17, 15) is 9.59 Å². The number of benzene rings is 1. The highest BCUT2D eigenvalue weighted by molar-refractivity contribution is 5.90. The molecular weight excluding hydrogens is 280 g/mol. The highest BCUT2D eigenvalue weighted by Gasteiger charge is 2.35. The van der Waals surface area contributed by atoms with E-state index in [1.807, 2.05) is 6.07 Å². The predicted molar refractivity (Wildman–Crippen MR) is 81.8 cm³/mol. The fraction of sp³-hybridized carbons (Fsp3) is 0.529. The van der Waals surface area contributed by atoms with Gasteiger partial charge in [0.25, 0.3) is 0 Å². The summed E-state index contributed by atoms with van der Waals surface area (Å²) in [6.45, 7) is 0.908. The summed E-state index contributed by atoms with van der Waals surface area (Å²) in [5.74, 6) is 0.275. The summed E-state index contributed by atoms with van der Waals surface area (Å²) < 4.78 is 5.37. The molecule has 5 nitrogen and oxygen atoms in total. The van der Waals surface area contributed by atoms with E-state index < -0.39 is 0 Å². The smallest absolute Gasteiger partial charge is 0.414 e. The third kappa shape index (κ3) is 2.56. The number of rotatable bonds is 4. The third-order valence-electron chi connectivity index (χ3n) is 4.72. The maximum Gasteiger partial charge on any atom is 0.414 e. The molecule has 116 valence electrons. The van der Waals surface area contributed by atoms with Crippen LogP contribution in [0.3, 0.4) is 0 Å². The van der Waals surface area contributed by atoms with Gasteiger partial charge in [-0.1, -0.05) is 6.07 Å². The number of anilines is 1. The lowest BCUT2D eigenvalue weighted by molar-refractivity contribution is -0.122. The van der Waals surface area contributed by atoms with Gasteiger partial charge in [0, 0.05) is 11.6 Å². The summed E-state index contributed by atoms with van der Waals surface area (Å²) in [7, 11) is 0. The van der Waals surface area contributed by atoms with Crippen LogP contribution in [0.4, 0.5) is 10.5 Å². The zero-order valence-corrected chi connectivity index (χ0v) is 12.5. The average Bonchev–Trinajstić information content (AvgIpc) is 3.15. The Hall–Kier alpha value is -2.04. The Balaban J connectivity index is 1.40. The Morgan fingerprint density at radius 2 is 2.09 bits per heavy atom. The number of nitrogens with zero attached hydrogens (tertiary/aromatic N) is 1. The van der Waals surface area contributed by atoms with Gasteiger partial charge in [0.05, 0.1) is 13.1 Å². The summed E-state index contributed by atoms with van der Waals surface area (Å²) in [5, 5.41) is 2.88. The number of nitrogens with one attached hydrogen (secondary N) is 1. The van der Waals surface area contributed by atoms with Crippen molar-refractivity contribution in [2.75, 3.05) is 18.0 Å². The van der Waals surface area contributed by atoms with E-state index in [0.717, 1.165) is 31.4 Å². The lowest BCUT2D eigenvalue weighted by Gasteiger charge is -2.14. The molecule has 1 N–H and O–H groups in total. The molecule has 0 aromatic heterocycles. The molecule has 1 heterocycles. The molecule has 1 unspecified atom stereocenters. The lowest BCUT2D eigenvalue weighted by Crippen LogP contribution is -2.35. The van der Waals surface area contributed by atoms with Gasteiger partial charge in [-0.15, -0.1) is 0 Å². The Morgan fingerprint density at radius 1 is 1.27 bits per heavy atom. The number of carbonyl (C=O) groups excluding carboxylic acids is 2. The van der Waals surface area contributed by atoms with Crippen LogP contribution >= 0.6 is 0 Å². The molecule has 3 aliphatic rings. The number of carbonyl (C=O) groups is 2. The number of cyclic esters (lactones) is 1. The number of aryl methyl sites for hydroxylation is 2. The van der Waals surface area contributed by atoms with Crippen LogP contribution in [0.5, 0.6) is 0 Å². The molecule has 4 rings (SSSR count). The minimum absolute atomic E-state index is 0.0898. The van der Waals surface area contributed by atoms with Gasteiger partial charge in [-0.2, -0.15) is 0 Å². The highest BCUT2D eigenvalue weighted by atomic mass is 16.6. The van der Waals surface area contributed by atoms with E-state index in [4.69, 9.17) is 4.74 Å². The summed E-state index contributed by atoms with van der Waals surface area (Å²) in [6, 6.07) is 6.22. The van der Waals surface area contributed by atoms with E-state index in [2.05, 4.69) is 17.4 Å². The molecule has 5 heteroatoms. The molecule has 1 saturated heterocycles. The van der Waals surface area contributed by atoms with E-state index >= 15 is 0 Å². The molecule has 1 saturated carbocycles. The van der Waals surface area contributed by atoms with Gasteiger partial charge in [0.15, 0.2) is 0 Å². The number of ether oxygens (including phenoxy) is 1. The summed E-state index contributed by atoms with van der Waals surface area (Å²) in [5.41, 5.74) is 3.64. The molecule has 22 heavy (non-hydrogen) atoms. The van der Waals surface area contributed by atoms with Crippen molar-refractivity contribution in [2.24, 2.45) is 5.92 Å². The van der Waals surface area contributed by atoms with Crippen LogP contribution in [0.1, 0.15) is 30.4 Å². The Morgan fingerprint density at radius 3 is 2.91 bits per heavy atom. The molecule has 0 spiro atoms. The van der Waals surface area contributed by atoms with Gasteiger partial charge in [0.1, 0.15) is 6.10 Å². The number of hydrogen-bond acceptors (Lipinski definition) is 3. The molecule has 0 bridgehead atoms. The first-order chi connectivity index (χ1) is 10.7. The molecule has 0 radical (unpaired) electrons. The Kier molecular flexibility index (Phi) is 3.28. The fourth-order valence-corrected chi connectivity index (χ4v) is 3.27. The highest BCUT2D eigenvalue weighted by Crippen LogP contribution is 2.30. The van der Waals surface area contributed by atoms with Crippen molar-refractivity contribution in [2.45, 2.75) is 38.2 Å². The molecule has 1 atom stereocenters. The molecule has 2 aliphatic carbocycles. The Labute approximate surface area is 129 Å². The number of fused-ring (bicyclic) bond motifs is 1. The van der Waals surface area contributed by atoms with Gasteiger partial charge in [-0.25, -0.2) is 4.79 Å². The van der Waals surface area contributed by atoms with Crippen LogP contribution in [-0.2, 0) is 22.4 Å². The summed E-state index contributed by atoms with van der Waals surface area (Å²) in [4.78, 5) is 25.4. The van der Waals surface area contributed by atoms with Crippen molar-refractivity contribution < 1.29 is 14.3 Å². The maximum absolute atomic E-state index is 12.1. The summed E-state index contributed by atoms with van der Waals surface area (Å²) >= 11 is 0. The van der Waals surface area contributed by atoms with Crippen molar-refractivity contribution in [1.82, 2.24) is 5.32 Å². The van der Waals surface area contributed by atoms with Crippen molar-refractivity contribution >= 4 is 17.7 Å². The Bertz CT molecular complexity index is 624. The van der Waals surface area contributed by atoms with Gasteiger partial charge in [-0.05, 0) is 55.4 Å². The van der Waals surface area contributed by atoms with Crippen LogP contribution in [0.15, 0.2) is 18.2 Å². The summed E-state index contributed by atoms with van der Waals surface area (Å²) in [6.07, 6.45) is 4.81. The third-order valence-corrected chi connectivity index (χ3v) is 4.72. The second kappa shape index (κ2) is 5.30. The van der Waals surface area contributed by atoms with Crippen LogP contribution in [0.2, 0.25) is 0 Å². The van der Waals surface area contributed by atoms with E-state index in [1.54, 1.807) is 4.90 Å². The number of hydrogen-bond donors (Lipinski definition) is 1. The van der Waals surface area contributed by atoms with Gasteiger partial charge in [0.2, 0.25) is 5.91 Å². The van der Waals surface area contributed by atoms with Crippen molar-refractivity contribution in [3.05, 3.63) is 29.3 Å². The van der Waals surface area contributed by atoms with E-state index in [1.165, 1.54) is 17.5 Å². The second-order valence-corrected chi connectivity index (χ2v) is 6.44. The minimum atomic E-state index is -0.316. The standard InChI is InChI=1S/C17H20N2O3/c20-16(12-4-5-12)18-9-15-10-19(17(21)22-15)14-7-6-11-2-1-3-13(11)8-14/h6-8,12,15H,1-5,9-10H2,(H,18,20). The normalized spacial score (nSPS) is 23.4. The first-order valence-electron chi connectivity index (χ1n) is 8.08. The van der Waals surface area contributed by atoms with Gasteiger partial charge >= 0.3 is 6.09 Å². The quantitative estimate of drug-likeness (QED) is 0.925. The zero-order chi connectivity index (χ0) is 15.1.